The molecule has 0 bridgehead atoms. The van der Waals surface area contributed by atoms with Crippen molar-refractivity contribution in [3.8, 4) is 28.4 Å². The summed E-state index contributed by atoms with van der Waals surface area (Å²) in [6, 6.07) is 26.7. The van der Waals surface area contributed by atoms with Crippen molar-refractivity contribution in [2.45, 2.75) is 0 Å². The van der Waals surface area contributed by atoms with Crippen LogP contribution >= 0.6 is 0 Å². The highest BCUT2D eigenvalue weighted by Gasteiger charge is 2.13. The van der Waals surface area contributed by atoms with Crippen molar-refractivity contribution >= 4 is 16.9 Å². The maximum atomic E-state index is 13.0. The van der Waals surface area contributed by atoms with Crippen molar-refractivity contribution in [1.29, 1.82) is 0 Å². The van der Waals surface area contributed by atoms with E-state index < -0.39 is 11.8 Å². The molecule has 34 heavy (non-hydrogen) atoms. The molecule has 0 amide bonds. The first-order chi connectivity index (χ1) is 16.6. The molecule has 0 atom stereocenters. The molecule has 0 saturated carbocycles. The molecule has 0 radical (unpaired) electrons. The van der Waals surface area contributed by atoms with E-state index in [-0.39, 0.29) is 33.5 Å². The van der Waals surface area contributed by atoms with Gasteiger partial charge in [-0.15, -0.1) is 0 Å². The third kappa shape index (κ3) is 4.42. The van der Waals surface area contributed by atoms with Crippen LogP contribution in [-0.4, -0.2) is 5.97 Å². The smallest absolute Gasteiger partial charge is 0.343 e. The second kappa shape index (κ2) is 9.03. The van der Waals surface area contributed by atoms with Crippen molar-refractivity contribution in [2.24, 2.45) is 0 Å². The second-order valence-electron chi connectivity index (χ2n) is 7.48. The lowest BCUT2D eigenvalue weighted by molar-refractivity contribution is 0.0735. The van der Waals surface area contributed by atoms with Crippen LogP contribution in [0.3, 0.4) is 0 Å². The number of carbonyl (C=O) groups is 1. The predicted octanol–water partition coefficient (Wildman–Crippen LogP) is 6.61. The van der Waals surface area contributed by atoms with Gasteiger partial charge in [-0.1, -0.05) is 42.5 Å². The first-order valence-corrected chi connectivity index (χ1v) is 10.4. The van der Waals surface area contributed by atoms with Crippen LogP contribution in [0.4, 0.5) is 4.39 Å². The van der Waals surface area contributed by atoms with Gasteiger partial charge in [0.05, 0.1) is 10.9 Å². The van der Waals surface area contributed by atoms with Crippen LogP contribution < -0.4 is 14.9 Å². The number of fused-ring (bicyclic) bond motifs is 1. The molecule has 166 valence electrons. The molecule has 0 N–H and O–H groups in total. The van der Waals surface area contributed by atoms with Crippen molar-refractivity contribution in [3.63, 3.8) is 0 Å². The van der Waals surface area contributed by atoms with Gasteiger partial charge in [0.1, 0.15) is 29.2 Å². The van der Waals surface area contributed by atoms with Gasteiger partial charge in [-0.3, -0.25) is 4.79 Å². The summed E-state index contributed by atoms with van der Waals surface area (Å²) in [6.45, 7) is 0. The molecule has 0 unspecified atom stereocenters. The molecule has 0 fully saturated rings. The highest BCUT2D eigenvalue weighted by molar-refractivity contribution is 5.91. The molecule has 1 heterocycles. The lowest BCUT2D eigenvalue weighted by Crippen LogP contribution is -2.09. The molecule has 4 aromatic carbocycles. The highest BCUT2D eigenvalue weighted by atomic mass is 19.1. The third-order valence-electron chi connectivity index (χ3n) is 5.19. The van der Waals surface area contributed by atoms with Gasteiger partial charge >= 0.3 is 5.97 Å². The molecule has 6 heteroatoms. The van der Waals surface area contributed by atoms with E-state index in [0.29, 0.717) is 5.75 Å². The van der Waals surface area contributed by atoms with Crippen molar-refractivity contribution in [3.05, 3.63) is 125 Å². The quantitative estimate of drug-likeness (QED) is 0.222. The molecule has 0 saturated heterocycles. The van der Waals surface area contributed by atoms with Gasteiger partial charge in [-0.25, -0.2) is 9.18 Å². The Bertz CT molecular complexity index is 1520. The van der Waals surface area contributed by atoms with Crippen LogP contribution in [0, 0.1) is 5.82 Å². The average molecular weight is 452 g/mol. The van der Waals surface area contributed by atoms with Gasteiger partial charge in [-0.05, 0) is 59.7 Å². The maximum absolute atomic E-state index is 13.0. The Morgan fingerprint density at radius 2 is 1.44 bits per heavy atom. The van der Waals surface area contributed by atoms with E-state index in [1.807, 2.05) is 42.5 Å². The Morgan fingerprint density at radius 1 is 0.765 bits per heavy atom. The first kappa shape index (κ1) is 21.2. The third-order valence-corrected chi connectivity index (χ3v) is 5.19. The van der Waals surface area contributed by atoms with Crippen LogP contribution in [0.2, 0.25) is 0 Å². The molecule has 0 aliphatic carbocycles. The molecular weight excluding hydrogens is 435 g/mol. The molecule has 0 spiro atoms. The van der Waals surface area contributed by atoms with Crippen LogP contribution in [-0.2, 0) is 0 Å². The van der Waals surface area contributed by atoms with E-state index in [4.69, 9.17) is 13.9 Å². The normalized spacial score (nSPS) is 10.7. The van der Waals surface area contributed by atoms with Crippen molar-refractivity contribution < 1.29 is 23.1 Å². The Labute approximate surface area is 193 Å². The Kier molecular flexibility index (Phi) is 5.62. The summed E-state index contributed by atoms with van der Waals surface area (Å²) in [5.74, 6) is -0.378. The summed E-state index contributed by atoms with van der Waals surface area (Å²) in [7, 11) is 0. The predicted molar refractivity (Wildman–Crippen MR) is 126 cm³/mol. The van der Waals surface area contributed by atoms with Crippen LogP contribution in [0.5, 0.6) is 17.2 Å². The summed E-state index contributed by atoms with van der Waals surface area (Å²) < 4.78 is 29.7. The molecule has 5 rings (SSSR count). The zero-order valence-corrected chi connectivity index (χ0v) is 17.7. The first-order valence-electron chi connectivity index (χ1n) is 10.4. The summed E-state index contributed by atoms with van der Waals surface area (Å²) in [6.07, 6.45) is 1.22. The largest absolute Gasteiger partial charge is 0.460 e. The average Bonchev–Trinajstić information content (AvgIpc) is 2.87. The minimum atomic E-state index is -0.652. The Balaban J connectivity index is 1.35. The fourth-order valence-corrected chi connectivity index (χ4v) is 3.45. The van der Waals surface area contributed by atoms with Gasteiger partial charge in [0, 0.05) is 6.07 Å². The number of halogens is 1. The molecular formula is C28H17FO5. The summed E-state index contributed by atoms with van der Waals surface area (Å²) >= 11 is 0. The standard InChI is InChI=1S/C28H17FO5/c29-21-10-6-20(7-11-21)28(31)34-23-14-15-24-25(16-23)32-17-26(27(24)30)33-22-12-8-19(9-13-22)18-4-2-1-3-5-18/h1-17H. The van der Waals surface area contributed by atoms with Crippen molar-refractivity contribution in [1.82, 2.24) is 0 Å². The van der Waals surface area contributed by atoms with Gasteiger partial charge in [0.15, 0.2) is 0 Å². The number of ether oxygens (including phenoxy) is 2. The molecule has 0 aliphatic heterocycles. The Morgan fingerprint density at radius 3 is 2.18 bits per heavy atom. The van der Waals surface area contributed by atoms with E-state index in [1.165, 1.54) is 48.7 Å². The van der Waals surface area contributed by atoms with Gasteiger partial charge in [-0.2, -0.15) is 0 Å². The van der Waals surface area contributed by atoms with Gasteiger partial charge in [0.2, 0.25) is 11.2 Å². The lowest BCUT2D eigenvalue weighted by atomic mass is 10.1. The van der Waals surface area contributed by atoms with E-state index in [1.54, 1.807) is 12.1 Å². The van der Waals surface area contributed by atoms with Crippen LogP contribution in [0.15, 0.2) is 113 Å². The number of carbonyl (C=O) groups excluding carboxylic acids is 1. The zero-order valence-electron chi connectivity index (χ0n) is 17.7. The number of hydrogen-bond donors (Lipinski definition) is 0. The van der Waals surface area contributed by atoms with E-state index in [9.17, 15) is 14.0 Å². The number of hydrogen-bond acceptors (Lipinski definition) is 5. The molecule has 0 aliphatic rings. The van der Waals surface area contributed by atoms with Crippen molar-refractivity contribution in [2.75, 3.05) is 0 Å². The number of rotatable bonds is 5. The molecule has 1 aromatic heterocycles. The number of benzene rings is 4. The highest BCUT2D eigenvalue weighted by Crippen LogP contribution is 2.27. The Hall–Kier alpha value is -4.71. The fraction of sp³-hybridized carbons (Fsp3) is 0. The van der Waals surface area contributed by atoms with Crippen LogP contribution in [0.25, 0.3) is 22.1 Å². The molecule has 5 nitrogen and oxygen atoms in total. The second-order valence-corrected chi connectivity index (χ2v) is 7.48. The zero-order chi connectivity index (χ0) is 23.5. The summed E-state index contributed by atoms with van der Waals surface area (Å²) in [5.41, 5.74) is 2.19. The lowest BCUT2D eigenvalue weighted by Gasteiger charge is -2.08. The minimum absolute atomic E-state index is 0.0380. The summed E-state index contributed by atoms with van der Waals surface area (Å²) in [4.78, 5) is 25.1. The van der Waals surface area contributed by atoms with Gasteiger partial charge < -0.3 is 13.9 Å². The van der Waals surface area contributed by atoms with E-state index >= 15 is 0 Å². The SMILES string of the molecule is O=C(Oc1ccc2c(=O)c(Oc3ccc(-c4ccccc4)cc3)coc2c1)c1ccc(F)cc1. The molecule has 5 aromatic rings. The maximum Gasteiger partial charge on any atom is 0.343 e. The van der Waals surface area contributed by atoms with E-state index in [0.717, 1.165) is 11.1 Å². The van der Waals surface area contributed by atoms with Crippen LogP contribution in [0.1, 0.15) is 10.4 Å². The van der Waals surface area contributed by atoms with Gasteiger partial charge in [0.25, 0.3) is 0 Å². The number of esters is 1. The monoisotopic (exact) mass is 452 g/mol. The minimum Gasteiger partial charge on any atom is -0.460 e. The summed E-state index contributed by atoms with van der Waals surface area (Å²) in [5, 5.41) is 0.278. The fourth-order valence-electron chi connectivity index (χ4n) is 3.45. The van der Waals surface area contributed by atoms with E-state index in [2.05, 4.69) is 0 Å². The topological polar surface area (TPSA) is 65.7 Å².